The third-order valence-corrected chi connectivity index (χ3v) is 8.24. The summed E-state index contributed by atoms with van der Waals surface area (Å²) in [5.41, 5.74) is 0.758. The van der Waals surface area contributed by atoms with Gasteiger partial charge in [-0.15, -0.1) is 0 Å². The van der Waals surface area contributed by atoms with Gasteiger partial charge in [0.25, 0.3) is 5.91 Å². The SMILES string of the molecule is COc1cccc(C23CCN(CC4CC4)CC2(OC(C)=O)CCC(NC(=O)c2ccccc2)C3)c1. The van der Waals surface area contributed by atoms with Crippen molar-refractivity contribution in [2.45, 2.75) is 62.5 Å². The van der Waals surface area contributed by atoms with Crippen molar-refractivity contribution in [3.05, 3.63) is 65.7 Å². The van der Waals surface area contributed by atoms with Gasteiger partial charge in [-0.25, -0.2) is 0 Å². The van der Waals surface area contributed by atoms with Gasteiger partial charge in [0.05, 0.1) is 7.11 Å². The fraction of sp³-hybridized carbons (Fsp3) is 0.517. The Hall–Kier alpha value is -2.86. The van der Waals surface area contributed by atoms with Gasteiger partial charge in [-0.05, 0) is 80.8 Å². The van der Waals surface area contributed by atoms with E-state index >= 15 is 0 Å². The zero-order valence-electron chi connectivity index (χ0n) is 20.8. The number of piperidine rings is 1. The van der Waals surface area contributed by atoms with Crippen LogP contribution in [0.25, 0.3) is 0 Å². The number of carbonyl (C=O) groups excluding carboxylic acids is 2. The number of methoxy groups -OCH3 is 1. The summed E-state index contributed by atoms with van der Waals surface area (Å²) < 4.78 is 11.9. The summed E-state index contributed by atoms with van der Waals surface area (Å²) in [5, 5.41) is 3.29. The first kappa shape index (κ1) is 23.9. The third kappa shape index (κ3) is 4.81. The highest BCUT2D eigenvalue weighted by Crippen LogP contribution is 2.54. The van der Waals surface area contributed by atoms with E-state index in [0.717, 1.165) is 56.1 Å². The summed E-state index contributed by atoms with van der Waals surface area (Å²) in [7, 11) is 1.68. The molecule has 1 amide bonds. The molecule has 3 aliphatic rings. The van der Waals surface area contributed by atoms with Crippen LogP contribution in [0.1, 0.15) is 61.4 Å². The standard InChI is InChI=1S/C29H36N2O4/c1-21(32)35-29-14-13-25(30-27(33)23-7-4-3-5-8-23)18-28(29,24-9-6-10-26(17-24)34-2)15-16-31(20-29)19-22-11-12-22/h3-10,17,22,25H,11-16,18-20H2,1-2H3,(H,30,33). The summed E-state index contributed by atoms with van der Waals surface area (Å²) in [6, 6.07) is 17.6. The van der Waals surface area contributed by atoms with E-state index in [4.69, 9.17) is 9.47 Å². The lowest BCUT2D eigenvalue weighted by Gasteiger charge is -2.59. The van der Waals surface area contributed by atoms with Gasteiger partial charge in [0.1, 0.15) is 11.4 Å². The molecule has 0 spiro atoms. The highest BCUT2D eigenvalue weighted by atomic mass is 16.6. The molecular weight excluding hydrogens is 440 g/mol. The van der Waals surface area contributed by atoms with E-state index < -0.39 is 11.0 Å². The lowest BCUT2D eigenvalue weighted by Crippen LogP contribution is -2.68. The Bertz CT molecular complexity index is 1070. The predicted octanol–water partition coefficient (Wildman–Crippen LogP) is 4.33. The van der Waals surface area contributed by atoms with E-state index in [1.54, 1.807) is 7.11 Å². The maximum absolute atomic E-state index is 13.0. The van der Waals surface area contributed by atoms with Crippen LogP contribution >= 0.6 is 0 Å². The number of ether oxygens (including phenoxy) is 2. The van der Waals surface area contributed by atoms with Crippen LogP contribution in [0.15, 0.2) is 54.6 Å². The number of rotatable bonds is 7. The Morgan fingerprint density at radius 1 is 1.06 bits per heavy atom. The maximum atomic E-state index is 13.0. The normalized spacial score (nSPS) is 28.6. The van der Waals surface area contributed by atoms with E-state index in [2.05, 4.69) is 22.3 Å². The van der Waals surface area contributed by atoms with Crippen molar-refractivity contribution < 1.29 is 19.1 Å². The number of amides is 1. The first-order valence-corrected chi connectivity index (χ1v) is 12.9. The molecule has 1 N–H and O–H groups in total. The van der Waals surface area contributed by atoms with Crippen molar-refractivity contribution in [3.8, 4) is 5.75 Å². The lowest BCUT2D eigenvalue weighted by molar-refractivity contribution is -0.186. The van der Waals surface area contributed by atoms with Crippen LogP contribution in [0, 0.1) is 5.92 Å². The number of hydrogen-bond donors (Lipinski definition) is 1. The highest BCUT2D eigenvalue weighted by molar-refractivity contribution is 5.94. The number of nitrogens with one attached hydrogen (secondary N) is 1. The van der Waals surface area contributed by atoms with Gasteiger partial charge in [-0.3, -0.25) is 14.5 Å². The van der Waals surface area contributed by atoms with Gasteiger partial charge >= 0.3 is 5.97 Å². The van der Waals surface area contributed by atoms with Crippen molar-refractivity contribution in [2.75, 3.05) is 26.7 Å². The van der Waals surface area contributed by atoms with Crippen LogP contribution in [0.4, 0.5) is 0 Å². The van der Waals surface area contributed by atoms with E-state index in [-0.39, 0.29) is 17.9 Å². The van der Waals surface area contributed by atoms with Crippen LogP contribution in [-0.2, 0) is 14.9 Å². The minimum absolute atomic E-state index is 0.00688. The molecule has 2 aromatic rings. The molecule has 6 heteroatoms. The largest absolute Gasteiger partial charge is 0.497 e. The number of carbonyl (C=O) groups is 2. The molecular formula is C29H36N2O4. The minimum Gasteiger partial charge on any atom is -0.497 e. The number of benzene rings is 2. The number of fused-ring (bicyclic) bond motifs is 1. The zero-order valence-corrected chi connectivity index (χ0v) is 20.8. The molecule has 1 saturated heterocycles. The second-order valence-corrected chi connectivity index (χ2v) is 10.6. The maximum Gasteiger partial charge on any atom is 0.303 e. The fourth-order valence-electron chi connectivity index (χ4n) is 6.41. The molecule has 3 atom stereocenters. The van der Waals surface area contributed by atoms with Gasteiger partial charge in [0.2, 0.25) is 0 Å². The average molecular weight is 477 g/mol. The average Bonchev–Trinajstić information content (AvgIpc) is 3.68. The summed E-state index contributed by atoms with van der Waals surface area (Å²) in [5.74, 6) is 1.28. The molecule has 6 nitrogen and oxygen atoms in total. The van der Waals surface area contributed by atoms with E-state index in [1.165, 1.54) is 19.8 Å². The lowest BCUT2D eigenvalue weighted by atomic mass is 9.55. The third-order valence-electron chi connectivity index (χ3n) is 8.24. The number of hydrogen-bond acceptors (Lipinski definition) is 5. The van der Waals surface area contributed by atoms with E-state index in [1.807, 2.05) is 42.5 Å². The van der Waals surface area contributed by atoms with Crippen LogP contribution in [-0.4, -0.2) is 55.2 Å². The number of nitrogens with zero attached hydrogens (tertiary/aromatic N) is 1. The number of likely N-dealkylation sites (tertiary alicyclic amines) is 1. The molecule has 0 aromatic heterocycles. The van der Waals surface area contributed by atoms with Gasteiger partial charge in [-0.2, -0.15) is 0 Å². The summed E-state index contributed by atoms with van der Waals surface area (Å²) in [4.78, 5) is 28.0. The van der Waals surface area contributed by atoms with Crippen LogP contribution in [0.2, 0.25) is 0 Å². The molecule has 1 aliphatic heterocycles. The fourth-order valence-corrected chi connectivity index (χ4v) is 6.41. The van der Waals surface area contributed by atoms with Gasteiger partial charge in [-0.1, -0.05) is 30.3 Å². The first-order chi connectivity index (χ1) is 16.9. The topological polar surface area (TPSA) is 67.9 Å². The molecule has 186 valence electrons. The second-order valence-electron chi connectivity index (χ2n) is 10.6. The van der Waals surface area contributed by atoms with Crippen LogP contribution in [0.5, 0.6) is 5.75 Å². The van der Waals surface area contributed by atoms with Crippen molar-refractivity contribution in [1.82, 2.24) is 10.2 Å². The Balaban J connectivity index is 1.50. The monoisotopic (exact) mass is 476 g/mol. The molecule has 3 fully saturated rings. The van der Waals surface area contributed by atoms with Crippen molar-refractivity contribution in [2.24, 2.45) is 5.92 Å². The summed E-state index contributed by atoms with van der Waals surface area (Å²) >= 11 is 0. The molecule has 5 rings (SSSR count). The quantitative estimate of drug-likeness (QED) is 0.603. The number of esters is 1. The second kappa shape index (κ2) is 9.65. The molecule has 35 heavy (non-hydrogen) atoms. The molecule has 2 saturated carbocycles. The van der Waals surface area contributed by atoms with Crippen LogP contribution < -0.4 is 10.1 Å². The smallest absolute Gasteiger partial charge is 0.303 e. The molecule has 1 heterocycles. The Morgan fingerprint density at radius 2 is 1.86 bits per heavy atom. The molecule has 0 radical (unpaired) electrons. The Labute approximate surface area is 208 Å². The van der Waals surface area contributed by atoms with E-state index in [9.17, 15) is 9.59 Å². The van der Waals surface area contributed by atoms with Crippen LogP contribution in [0.3, 0.4) is 0 Å². The summed E-state index contributed by atoms with van der Waals surface area (Å²) in [6.07, 6.45) is 5.68. The zero-order chi connectivity index (χ0) is 24.5. The van der Waals surface area contributed by atoms with Crippen molar-refractivity contribution in [3.63, 3.8) is 0 Å². The van der Waals surface area contributed by atoms with E-state index in [0.29, 0.717) is 12.0 Å². The van der Waals surface area contributed by atoms with Crippen molar-refractivity contribution in [1.29, 1.82) is 0 Å². The van der Waals surface area contributed by atoms with Gasteiger partial charge in [0.15, 0.2) is 0 Å². The summed E-state index contributed by atoms with van der Waals surface area (Å²) in [6.45, 7) is 4.29. The predicted molar refractivity (Wildman–Crippen MR) is 134 cm³/mol. The Kier molecular flexibility index (Phi) is 6.58. The van der Waals surface area contributed by atoms with Crippen molar-refractivity contribution >= 4 is 11.9 Å². The minimum atomic E-state index is -0.633. The molecule has 2 aromatic carbocycles. The first-order valence-electron chi connectivity index (χ1n) is 12.9. The van der Waals surface area contributed by atoms with Gasteiger partial charge in [0, 0.05) is 37.0 Å². The van der Waals surface area contributed by atoms with Gasteiger partial charge < -0.3 is 14.8 Å². The molecule has 0 bridgehead atoms. The highest BCUT2D eigenvalue weighted by Gasteiger charge is 2.61. The Morgan fingerprint density at radius 3 is 2.57 bits per heavy atom. The molecule has 3 unspecified atom stereocenters. The molecule has 2 aliphatic carbocycles.